The van der Waals surface area contributed by atoms with E-state index in [1.54, 1.807) is 24.3 Å². The number of carbonyl (C=O) groups excluding carboxylic acids is 1. The van der Waals surface area contributed by atoms with Gasteiger partial charge in [-0.3, -0.25) is 14.5 Å². The van der Waals surface area contributed by atoms with Gasteiger partial charge in [-0.05, 0) is 31.5 Å². The molecule has 1 amide bonds. The molecule has 0 aliphatic rings. The van der Waals surface area contributed by atoms with Gasteiger partial charge in [0, 0.05) is 63.9 Å². The van der Waals surface area contributed by atoms with E-state index in [9.17, 15) is 4.79 Å². The molecule has 0 unspecified atom stereocenters. The second-order valence-corrected chi connectivity index (χ2v) is 6.13. The van der Waals surface area contributed by atoms with Crippen molar-refractivity contribution < 1.29 is 4.79 Å². The summed E-state index contributed by atoms with van der Waals surface area (Å²) in [6, 6.07) is 7.72. The number of guanidine groups is 1. The first-order chi connectivity index (χ1) is 13.2. The Hall–Kier alpha value is -2.90. The number of aromatic nitrogens is 3. The highest BCUT2D eigenvalue weighted by Gasteiger charge is 2.09. The van der Waals surface area contributed by atoms with Crippen molar-refractivity contribution in [2.45, 2.75) is 26.3 Å². The number of pyridine rings is 1. The molecule has 0 radical (unpaired) electrons. The van der Waals surface area contributed by atoms with Crippen molar-refractivity contribution in [1.29, 1.82) is 0 Å². The molecular formula is C19H29N7O. The zero-order valence-electron chi connectivity index (χ0n) is 16.1. The van der Waals surface area contributed by atoms with E-state index in [4.69, 9.17) is 0 Å². The van der Waals surface area contributed by atoms with Crippen LogP contribution in [-0.2, 0) is 17.8 Å². The van der Waals surface area contributed by atoms with Crippen molar-refractivity contribution in [1.82, 2.24) is 30.3 Å². The summed E-state index contributed by atoms with van der Waals surface area (Å²) in [7, 11) is 1.80. The maximum absolute atomic E-state index is 12.3. The monoisotopic (exact) mass is 371 g/mol. The third-order valence-corrected chi connectivity index (χ3v) is 3.99. The fourth-order valence-electron chi connectivity index (χ4n) is 2.44. The second-order valence-electron chi connectivity index (χ2n) is 6.13. The number of hydrogen-bond donors (Lipinski definition) is 2. The number of rotatable bonds is 10. The van der Waals surface area contributed by atoms with Gasteiger partial charge in [-0.2, -0.15) is 5.10 Å². The average molecular weight is 371 g/mol. The number of aryl methyl sites for hydroxylation is 1. The molecule has 0 atom stereocenters. The predicted molar refractivity (Wildman–Crippen MR) is 106 cm³/mol. The Balaban J connectivity index is 1.72. The molecule has 0 aliphatic heterocycles. The lowest BCUT2D eigenvalue weighted by Gasteiger charge is -2.16. The molecule has 2 N–H and O–H groups in total. The molecule has 0 fully saturated rings. The molecule has 2 heterocycles. The van der Waals surface area contributed by atoms with Gasteiger partial charge in [0.2, 0.25) is 5.91 Å². The van der Waals surface area contributed by atoms with E-state index in [1.807, 2.05) is 42.1 Å². The summed E-state index contributed by atoms with van der Waals surface area (Å²) in [5, 5.41) is 10.6. The summed E-state index contributed by atoms with van der Waals surface area (Å²) in [5.41, 5.74) is 0.979. The summed E-state index contributed by atoms with van der Waals surface area (Å²) < 4.78 is 1.89. The quantitative estimate of drug-likeness (QED) is 0.368. The van der Waals surface area contributed by atoms with Crippen LogP contribution in [0.15, 0.2) is 47.8 Å². The zero-order chi connectivity index (χ0) is 19.3. The lowest BCUT2D eigenvalue weighted by molar-refractivity contribution is -0.128. The van der Waals surface area contributed by atoms with E-state index in [-0.39, 0.29) is 12.5 Å². The fourth-order valence-corrected chi connectivity index (χ4v) is 2.44. The topological polar surface area (TPSA) is 87.4 Å². The Labute approximate surface area is 160 Å². The summed E-state index contributed by atoms with van der Waals surface area (Å²) >= 11 is 0. The van der Waals surface area contributed by atoms with Crippen LogP contribution in [0.1, 0.15) is 19.0 Å². The van der Waals surface area contributed by atoms with Crippen molar-refractivity contribution in [2.24, 2.45) is 4.99 Å². The molecule has 0 aliphatic carbocycles. The van der Waals surface area contributed by atoms with Gasteiger partial charge in [0.1, 0.15) is 6.54 Å². The van der Waals surface area contributed by atoms with Crippen molar-refractivity contribution in [2.75, 3.05) is 33.2 Å². The van der Waals surface area contributed by atoms with Crippen LogP contribution >= 0.6 is 0 Å². The third kappa shape index (κ3) is 7.89. The first kappa shape index (κ1) is 20.4. The maximum Gasteiger partial charge on any atom is 0.244 e. The molecule has 2 aromatic heterocycles. The number of carbonyl (C=O) groups is 1. The van der Waals surface area contributed by atoms with E-state index in [1.165, 1.54) is 0 Å². The Morgan fingerprint density at radius 3 is 2.85 bits per heavy atom. The van der Waals surface area contributed by atoms with E-state index in [0.29, 0.717) is 12.5 Å². The highest BCUT2D eigenvalue weighted by atomic mass is 16.2. The lowest BCUT2D eigenvalue weighted by Crippen LogP contribution is -2.39. The number of nitrogens with zero attached hydrogens (tertiary/aromatic N) is 5. The third-order valence-electron chi connectivity index (χ3n) is 3.99. The van der Waals surface area contributed by atoms with Gasteiger partial charge in [0.15, 0.2) is 5.96 Å². The van der Waals surface area contributed by atoms with Crippen LogP contribution in [0, 0.1) is 0 Å². The molecule has 0 bridgehead atoms. The molecule has 8 nitrogen and oxygen atoms in total. The van der Waals surface area contributed by atoms with Gasteiger partial charge in [-0.1, -0.05) is 6.07 Å². The van der Waals surface area contributed by atoms with Gasteiger partial charge in [0.05, 0.1) is 0 Å². The summed E-state index contributed by atoms with van der Waals surface area (Å²) in [5.74, 6) is 0.643. The standard InChI is InChI=1S/C19H29N7O/c1-3-20-19(22-11-6-13-26-14-7-12-24-26)23-16-18(27)25(2)15-9-17-8-4-5-10-21-17/h4-5,7-8,10,12,14H,3,6,9,11,13,15-16H2,1-2H3,(H2,20,22,23). The van der Waals surface area contributed by atoms with Crippen LogP contribution in [0.4, 0.5) is 0 Å². The zero-order valence-corrected chi connectivity index (χ0v) is 16.1. The highest BCUT2D eigenvalue weighted by Crippen LogP contribution is 1.97. The van der Waals surface area contributed by atoms with E-state index in [0.717, 1.165) is 38.2 Å². The normalized spacial score (nSPS) is 11.3. The van der Waals surface area contributed by atoms with E-state index >= 15 is 0 Å². The SMILES string of the molecule is CCNC(=NCC(=O)N(C)CCc1ccccn1)NCCCn1cccn1. The predicted octanol–water partition coefficient (Wildman–Crippen LogP) is 0.924. The Kier molecular flexibility index (Phi) is 8.82. The molecule has 2 aromatic rings. The number of aliphatic imine (C=N–C) groups is 1. The minimum Gasteiger partial charge on any atom is -0.357 e. The van der Waals surface area contributed by atoms with Crippen molar-refractivity contribution in [3.63, 3.8) is 0 Å². The first-order valence-electron chi connectivity index (χ1n) is 9.32. The number of likely N-dealkylation sites (N-methyl/N-ethyl adjacent to an activating group) is 1. The summed E-state index contributed by atoms with van der Waals surface area (Å²) in [6.07, 6.45) is 7.14. The van der Waals surface area contributed by atoms with Crippen LogP contribution in [0.25, 0.3) is 0 Å². The minimum absolute atomic E-state index is 0.0142. The number of hydrogen-bond acceptors (Lipinski definition) is 4. The lowest BCUT2D eigenvalue weighted by atomic mass is 10.2. The summed E-state index contributed by atoms with van der Waals surface area (Å²) in [4.78, 5) is 22.6. The van der Waals surface area contributed by atoms with E-state index in [2.05, 4.69) is 25.7 Å². The van der Waals surface area contributed by atoms with Crippen molar-refractivity contribution in [3.05, 3.63) is 48.5 Å². The van der Waals surface area contributed by atoms with Gasteiger partial charge in [-0.25, -0.2) is 4.99 Å². The smallest absolute Gasteiger partial charge is 0.244 e. The second kappa shape index (κ2) is 11.7. The molecular weight excluding hydrogens is 342 g/mol. The maximum atomic E-state index is 12.3. The van der Waals surface area contributed by atoms with Gasteiger partial charge >= 0.3 is 0 Å². The molecule has 146 valence electrons. The van der Waals surface area contributed by atoms with Crippen LogP contribution in [0.2, 0.25) is 0 Å². The van der Waals surface area contributed by atoms with Crippen LogP contribution in [-0.4, -0.2) is 64.8 Å². The van der Waals surface area contributed by atoms with Crippen molar-refractivity contribution >= 4 is 11.9 Å². The largest absolute Gasteiger partial charge is 0.357 e. The Morgan fingerprint density at radius 2 is 2.15 bits per heavy atom. The van der Waals surface area contributed by atoms with Gasteiger partial charge in [-0.15, -0.1) is 0 Å². The molecule has 8 heteroatoms. The first-order valence-corrected chi connectivity index (χ1v) is 9.32. The molecule has 0 saturated carbocycles. The summed E-state index contributed by atoms with van der Waals surface area (Å²) in [6.45, 7) is 5.09. The number of nitrogens with one attached hydrogen (secondary N) is 2. The molecule has 0 aromatic carbocycles. The molecule has 2 rings (SSSR count). The fraction of sp³-hybridized carbons (Fsp3) is 0.474. The molecule has 0 spiro atoms. The average Bonchev–Trinajstić information content (AvgIpc) is 3.21. The minimum atomic E-state index is -0.0142. The van der Waals surface area contributed by atoms with E-state index < -0.39 is 0 Å². The number of amides is 1. The molecule has 0 saturated heterocycles. The van der Waals surface area contributed by atoms with Gasteiger partial charge < -0.3 is 15.5 Å². The highest BCUT2D eigenvalue weighted by molar-refractivity contribution is 5.84. The van der Waals surface area contributed by atoms with Crippen LogP contribution < -0.4 is 10.6 Å². The van der Waals surface area contributed by atoms with Crippen LogP contribution in [0.3, 0.4) is 0 Å². The van der Waals surface area contributed by atoms with Gasteiger partial charge in [0.25, 0.3) is 0 Å². The Bertz CT molecular complexity index is 685. The van der Waals surface area contributed by atoms with Crippen molar-refractivity contribution in [3.8, 4) is 0 Å². The van der Waals surface area contributed by atoms with Crippen LogP contribution in [0.5, 0.6) is 0 Å². The Morgan fingerprint density at radius 1 is 1.26 bits per heavy atom. The molecule has 27 heavy (non-hydrogen) atoms.